The smallest absolute Gasteiger partial charge is 0.0865 e. The van der Waals surface area contributed by atoms with Crippen molar-refractivity contribution in [3.05, 3.63) is 30.3 Å². The van der Waals surface area contributed by atoms with Gasteiger partial charge in [0.05, 0.1) is 14.2 Å². The number of ether oxygens (including phenoxy) is 1. The van der Waals surface area contributed by atoms with E-state index in [-0.39, 0.29) is 0 Å². The molecule has 0 spiro atoms. The molecule has 0 aromatic heterocycles. The van der Waals surface area contributed by atoms with Gasteiger partial charge >= 0.3 is 0 Å². The van der Waals surface area contributed by atoms with Gasteiger partial charge in [-0.1, -0.05) is 101 Å². The monoisotopic (exact) mass is 346 g/mol. The third-order valence-electron chi connectivity index (χ3n) is 6.10. The average molecular weight is 347 g/mol. The topological polar surface area (TPSA) is 9.23 Å². The highest BCUT2D eigenvalue weighted by molar-refractivity contribution is 6.91. The molecule has 1 heterocycles. The predicted octanol–water partition coefficient (Wildman–Crippen LogP) is 6.15. The highest BCUT2D eigenvalue weighted by atomic mass is 28.3. The van der Waals surface area contributed by atoms with E-state index in [0.717, 1.165) is 18.1 Å². The lowest BCUT2D eigenvalue weighted by molar-refractivity contribution is -0.0175. The van der Waals surface area contributed by atoms with Crippen LogP contribution in [-0.2, 0) is 4.74 Å². The van der Waals surface area contributed by atoms with E-state index in [4.69, 9.17) is 4.74 Å². The molecule has 3 atom stereocenters. The zero-order valence-electron chi connectivity index (χ0n) is 16.4. The fourth-order valence-electron chi connectivity index (χ4n) is 4.72. The number of unbranched alkanes of at least 4 members (excludes halogenated alkanes) is 3. The number of benzene rings is 1. The van der Waals surface area contributed by atoms with Gasteiger partial charge in [0.25, 0.3) is 0 Å². The summed E-state index contributed by atoms with van der Waals surface area (Å²) in [7, 11) is -1.54. The fraction of sp³-hybridized carbons (Fsp3) is 0.727. The summed E-state index contributed by atoms with van der Waals surface area (Å²) in [5.74, 6) is 0.869. The van der Waals surface area contributed by atoms with Gasteiger partial charge < -0.3 is 4.74 Å². The van der Waals surface area contributed by atoms with E-state index in [1.54, 1.807) is 5.19 Å². The minimum atomic E-state index is -1.54. The second kappa shape index (κ2) is 9.77. The van der Waals surface area contributed by atoms with Crippen LogP contribution in [0.2, 0.25) is 18.6 Å². The van der Waals surface area contributed by atoms with Crippen LogP contribution in [0.5, 0.6) is 0 Å². The van der Waals surface area contributed by atoms with Gasteiger partial charge in [-0.05, 0) is 24.3 Å². The van der Waals surface area contributed by atoms with Crippen molar-refractivity contribution < 1.29 is 4.74 Å². The maximum absolute atomic E-state index is 6.37. The van der Waals surface area contributed by atoms with E-state index < -0.39 is 8.07 Å². The van der Waals surface area contributed by atoms with E-state index >= 15 is 0 Å². The molecule has 0 amide bonds. The number of hydrogen-bond acceptors (Lipinski definition) is 1. The van der Waals surface area contributed by atoms with Crippen LogP contribution in [0.1, 0.15) is 65.2 Å². The Morgan fingerprint density at radius 1 is 0.958 bits per heavy atom. The van der Waals surface area contributed by atoms with Crippen molar-refractivity contribution >= 4 is 13.3 Å². The molecular formula is C22H38OSi. The highest BCUT2D eigenvalue weighted by Gasteiger charge is 2.45. The molecule has 1 nitrogen and oxygen atoms in total. The van der Waals surface area contributed by atoms with Crippen molar-refractivity contribution in [1.29, 1.82) is 0 Å². The van der Waals surface area contributed by atoms with Crippen LogP contribution in [0.25, 0.3) is 0 Å². The zero-order valence-corrected chi connectivity index (χ0v) is 17.4. The van der Waals surface area contributed by atoms with E-state index in [1.165, 1.54) is 51.4 Å². The molecule has 1 aliphatic heterocycles. The van der Waals surface area contributed by atoms with Crippen LogP contribution in [0.4, 0.5) is 0 Å². The standard InChI is InChI=1S/C22H38OSi/c1-5-7-10-13-19-17-18-23-21(16-8-6-2)22(19)24(3,4)20-14-11-9-12-15-20/h9,11-12,14-15,19,21-22H,5-8,10,13,16-18H2,1-4H3/t19?,21-,22+/m1/s1. The third-order valence-corrected chi connectivity index (χ3v) is 10.4. The summed E-state index contributed by atoms with van der Waals surface area (Å²) in [6.07, 6.45) is 11.1. The molecule has 1 aromatic rings. The Hall–Kier alpha value is -0.603. The molecule has 1 aromatic carbocycles. The summed E-state index contributed by atoms with van der Waals surface area (Å²) in [6, 6.07) is 11.3. The summed E-state index contributed by atoms with van der Waals surface area (Å²) < 4.78 is 6.37. The Morgan fingerprint density at radius 3 is 2.33 bits per heavy atom. The van der Waals surface area contributed by atoms with Gasteiger partial charge in [-0.15, -0.1) is 0 Å². The van der Waals surface area contributed by atoms with Gasteiger partial charge in [-0.3, -0.25) is 0 Å². The second-order valence-electron chi connectivity index (χ2n) is 8.21. The van der Waals surface area contributed by atoms with Gasteiger partial charge in [-0.2, -0.15) is 0 Å². The molecule has 0 bridgehead atoms. The summed E-state index contributed by atoms with van der Waals surface area (Å²) in [6.45, 7) is 10.8. The molecular weight excluding hydrogens is 308 g/mol. The first-order valence-corrected chi connectivity index (χ1v) is 13.4. The van der Waals surface area contributed by atoms with Crippen LogP contribution in [-0.4, -0.2) is 20.8 Å². The molecule has 1 unspecified atom stereocenters. The molecule has 0 radical (unpaired) electrons. The lowest BCUT2D eigenvalue weighted by Gasteiger charge is -2.46. The molecule has 24 heavy (non-hydrogen) atoms. The van der Waals surface area contributed by atoms with Crippen molar-refractivity contribution in [1.82, 2.24) is 0 Å². The Morgan fingerprint density at radius 2 is 1.67 bits per heavy atom. The minimum Gasteiger partial charge on any atom is -0.378 e. The predicted molar refractivity (Wildman–Crippen MR) is 109 cm³/mol. The summed E-state index contributed by atoms with van der Waals surface area (Å²) >= 11 is 0. The average Bonchev–Trinajstić information content (AvgIpc) is 2.61. The van der Waals surface area contributed by atoms with Gasteiger partial charge in [-0.25, -0.2) is 0 Å². The summed E-state index contributed by atoms with van der Waals surface area (Å²) in [5, 5.41) is 1.61. The van der Waals surface area contributed by atoms with E-state index in [0.29, 0.717) is 6.10 Å². The summed E-state index contributed by atoms with van der Waals surface area (Å²) in [5.41, 5.74) is 0.775. The van der Waals surface area contributed by atoms with Crippen LogP contribution in [0.15, 0.2) is 30.3 Å². The third kappa shape index (κ3) is 4.95. The molecule has 0 aliphatic carbocycles. The maximum Gasteiger partial charge on any atom is 0.0865 e. The lowest BCUT2D eigenvalue weighted by atomic mass is 9.88. The first-order chi connectivity index (χ1) is 11.6. The van der Waals surface area contributed by atoms with Gasteiger partial charge in [0, 0.05) is 6.61 Å². The Balaban J connectivity index is 2.23. The Kier molecular flexibility index (Phi) is 8.03. The van der Waals surface area contributed by atoms with Gasteiger partial charge in [0.1, 0.15) is 0 Å². The fourth-order valence-corrected chi connectivity index (χ4v) is 8.86. The number of hydrogen-bond donors (Lipinski definition) is 0. The Bertz CT molecular complexity index is 456. The first kappa shape index (κ1) is 19.7. The van der Waals surface area contributed by atoms with Gasteiger partial charge in [0.15, 0.2) is 0 Å². The Labute approximate surface area is 151 Å². The van der Waals surface area contributed by atoms with E-state index in [9.17, 15) is 0 Å². The normalized spacial score (nSPS) is 24.9. The van der Waals surface area contributed by atoms with Crippen LogP contribution < -0.4 is 5.19 Å². The number of rotatable bonds is 9. The first-order valence-electron chi connectivity index (χ1n) is 10.3. The maximum atomic E-state index is 6.37. The quantitative estimate of drug-likeness (QED) is 0.385. The zero-order chi connectivity index (χ0) is 17.4. The van der Waals surface area contributed by atoms with Crippen LogP contribution in [0.3, 0.4) is 0 Å². The van der Waals surface area contributed by atoms with Gasteiger partial charge in [0.2, 0.25) is 0 Å². The molecule has 2 heteroatoms. The lowest BCUT2D eigenvalue weighted by Crippen LogP contribution is -2.54. The second-order valence-corrected chi connectivity index (χ2v) is 12.9. The summed E-state index contributed by atoms with van der Waals surface area (Å²) in [4.78, 5) is 0. The van der Waals surface area contributed by atoms with Crippen molar-refractivity contribution in [2.75, 3.05) is 6.61 Å². The molecule has 1 fully saturated rings. The molecule has 2 rings (SSSR count). The van der Waals surface area contributed by atoms with Crippen molar-refractivity contribution in [2.45, 2.75) is 90.0 Å². The molecule has 1 saturated heterocycles. The van der Waals surface area contributed by atoms with Crippen molar-refractivity contribution in [3.63, 3.8) is 0 Å². The molecule has 136 valence electrons. The molecule has 1 aliphatic rings. The highest BCUT2D eigenvalue weighted by Crippen LogP contribution is 2.44. The van der Waals surface area contributed by atoms with Crippen molar-refractivity contribution in [2.24, 2.45) is 5.92 Å². The largest absolute Gasteiger partial charge is 0.378 e. The van der Waals surface area contributed by atoms with E-state index in [1.807, 2.05) is 0 Å². The van der Waals surface area contributed by atoms with Crippen LogP contribution in [0, 0.1) is 5.92 Å². The van der Waals surface area contributed by atoms with E-state index in [2.05, 4.69) is 57.3 Å². The molecule has 0 saturated carbocycles. The van der Waals surface area contributed by atoms with Crippen molar-refractivity contribution in [3.8, 4) is 0 Å². The minimum absolute atomic E-state index is 0.493. The SMILES string of the molecule is CCCCCC1CCO[C@H](CCCC)[C@H]1[Si](C)(C)c1ccccc1. The van der Waals surface area contributed by atoms with Crippen LogP contribution >= 0.6 is 0 Å². The molecule has 0 N–H and O–H groups in total.